The Hall–Kier alpha value is -3.04. The van der Waals surface area contributed by atoms with E-state index < -0.39 is 28.7 Å². The summed E-state index contributed by atoms with van der Waals surface area (Å²) in [4.78, 5) is 42.9. The molecule has 3 unspecified atom stereocenters. The number of para-hydroxylation sites is 1. The van der Waals surface area contributed by atoms with E-state index in [4.69, 9.17) is 4.74 Å². The first kappa shape index (κ1) is 24.6. The van der Waals surface area contributed by atoms with Crippen LogP contribution in [0.3, 0.4) is 0 Å². The van der Waals surface area contributed by atoms with Crippen LogP contribution in [-0.4, -0.2) is 63.5 Å². The molecule has 8 nitrogen and oxygen atoms in total. The Kier molecular flexibility index (Phi) is 6.46. The van der Waals surface area contributed by atoms with Crippen LogP contribution >= 0.6 is 11.8 Å². The highest BCUT2D eigenvalue weighted by molar-refractivity contribution is 8.02. The molecule has 3 aliphatic rings. The van der Waals surface area contributed by atoms with Gasteiger partial charge < -0.3 is 25.4 Å². The van der Waals surface area contributed by atoms with Crippen molar-refractivity contribution in [3.05, 3.63) is 54.6 Å². The van der Waals surface area contributed by atoms with E-state index in [0.717, 1.165) is 6.42 Å². The highest BCUT2D eigenvalue weighted by atomic mass is 32.2. The first-order valence-corrected chi connectivity index (χ1v) is 13.1. The van der Waals surface area contributed by atoms with E-state index >= 15 is 0 Å². The summed E-state index contributed by atoms with van der Waals surface area (Å²) < 4.78 is 4.45. The molecule has 3 saturated heterocycles. The molecule has 0 radical (unpaired) electrons. The number of fused-ring (bicyclic) bond motifs is 1. The van der Waals surface area contributed by atoms with Crippen LogP contribution in [0.2, 0.25) is 0 Å². The molecule has 2 aromatic rings. The maximum absolute atomic E-state index is 14.0. The number of ether oxygens (including phenoxy) is 1. The lowest BCUT2D eigenvalue weighted by atomic mass is 9.66. The van der Waals surface area contributed by atoms with Gasteiger partial charge in [0.05, 0.1) is 36.3 Å². The second kappa shape index (κ2) is 9.44. The van der Waals surface area contributed by atoms with Gasteiger partial charge in [-0.15, -0.1) is 11.8 Å². The molecule has 9 heteroatoms. The van der Waals surface area contributed by atoms with Crippen LogP contribution in [0.1, 0.15) is 20.3 Å². The van der Waals surface area contributed by atoms with Crippen molar-refractivity contribution in [2.24, 2.45) is 17.8 Å². The number of benzene rings is 2. The van der Waals surface area contributed by atoms with Crippen molar-refractivity contribution < 1.29 is 24.2 Å². The Morgan fingerprint density at radius 2 is 1.75 bits per heavy atom. The van der Waals surface area contributed by atoms with Gasteiger partial charge in [-0.2, -0.15) is 0 Å². The molecule has 3 aliphatic heterocycles. The van der Waals surface area contributed by atoms with Gasteiger partial charge in [0.25, 0.3) is 0 Å². The number of carbonyl (C=O) groups is 3. The molecular weight excluding hydrogens is 478 g/mol. The van der Waals surface area contributed by atoms with Crippen molar-refractivity contribution in [2.75, 3.05) is 24.4 Å². The number of likely N-dealkylation sites (tertiary alicyclic amines) is 1. The van der Waals surface area contributed by atoms with E-state index in [-0.39, 0.29) is 35.5 Å². The van der Waals surface area contributed by atoms with Crippen molar-refractivity contribution in [3.8, 4) is 5.75 Å². The van der Waals surface area contributed by atoms with Gasteiger partial charge >= 0.3 is 0 Å². The Morgan fingerprint density at radius 3 is 2.39 bits per heavy atom. The summed E-state index contributed by atoms with van der Waals surface area (Å²) >= 11 is 1.61. The van der Waals surface area contributed by atoms with Gasteiger partial charge in [-0.3, -0.25) is 14.4 Å². The molecule has 3 heterocycles. The van der Waals surface area contributed by atoms with Crippen LogP contribution < -0.4 is 15.4 Å². The van der Waals surface area contributed by atoms with E-state index in [0.29, 0.717) is 17.1 Å². The topological polar surface area (TPSA) is 108 Å². The minimum atomic E-state index is -0.807. The zero-order valence-corrected chi connectivity index (χ0v) is 21.3. The Morgan fingerprint density at radius 1 is 1.11 bits per heavy atom. The number of hydrogen-bond acceptors (Lipinski definition) is 6. The smallest absolute Gasteiger partial charge is 0.248 e. The molecule has 2 bridgehead atoms. The van der Waals surface area contributed by atoms with Gasteiger partial charge in [-0.25, -0.2) is 0 Å². The number of thioether (sulfide) groups is 1. The lowest BCUT2D eigenvalue weighted by Gasteiger charge is -2.39. The lowest BCUT2D eigenvalue weighted by molar-refractivity contribution is -0.140. The lowest BCUT2D eigenvalue weighted by Crippen LogP contribution is -2.56. The van der Waals surface area contributed by atoms with Crippen molar-refractivity contribution >= 4 is 40.9 Å². The van der Waals surface area contributed by atoms with Crippen LogP contribution in [0.15, 0.2) is 54.6 Å². The summed E-state index contributed by atoms with van der Waals surface area (Å²) in [7, 11) is 1.57. The van der Waals surface area contributed by atoms with Gasteiger partial charge in [0, 0.05) is 16.6 Å². The third-order valence-corrected chi connectivity index (χ3v) is 9.95. The minimum absolute atomic E-state index is 0.0461. The van der Waals surface area contributed by atoms with Gasteiger partial charge in [-0.1, -0.05) is 25.1 Å². The molecule has 36 heavy (non-hydrogen) atoms. The highest BCUT2D eigenvalue weighted by Crippen LogP contribution is 2.68. The SMILES string of the molecule is COc1ccc(NC(=O)C2N([C@H](C)CO)C(=O)[C@@H]3[C@H](C(=O)Nc4ccccc4)[C@@H]4CC(C)C23S4)cc1. The number of aliphatic hydroxyl groups is 1. The molecule has 0 aromatic heterocycles. The molecule has 2 aromatic carbocycles. The van der Waals surface area contributed by atoms with Gasteiger partial charge in [0.15, 0.2) is 0 Å². The normalized spacial score (nSPS) is 31.2. The third-order valence-electron chi connectivity index (χ3n) is 7.87. The Balaban J connectivity index is 1.49. The maximum Gasteiger partial charge on any atom is 0.248 e. The summed E-state index contributed by atoms with van der Waals surface area (Å²) in [5.41, 5.74) is 1.27. The third kappa shape index (κ3) is 3.76. The van der Waals surface area contributed by atoms with E-state index in [1.807, 2.05) is 30.3 Å². The second-order valence-corrected chi connectivity index (χ2v) is 11.5. The van der Waals surface area contributed by atoms with Crippen LogP contribution in [0.25, 0.3) is 0 Å². The van der Waals surface area contributed by atoms with Crippen LogP contribution in [0.4, 0.5) is 11.4 Å². The molecule has 3 N–H and O–H groups in total. The first-order chi connectivity index (χ1) is 17.3. The van der Waals surface area contributed by atoms with Crippen molar-refractivity contribution in [3.63, 3.8) is 0 Å². The van der Waals surface area contributed by atoms with Crippen LogP contribution in [0.5, 0.6) is 5.75 Å². The van der Waals surface area contributed by atoms with E-state index in [2.05, 4.69) is 17.6 Å². The fourth-order valence-corrected chi connectivity index (χ4v) is 8.66. The molecule has 5 rings (SSSR count). The predicted molar refractivity (Wildman–Crippen MR) is 139 cm³/mol. The van der Waals surface area contributed by atoms with Crippen molar-refractivity contribution in [1.82, 2.24) is 4.90 Å². The molecule has 3 fully saturated rings. The summed E-state index contributed by atoms with van der Waals surface area (Å²) in [6.45, 7) is 3.54. The number of methoxy groups -OCH3 is 1. The average Bonchev–Trinajstić information content (AvgIpc) is 3.48. The number of aliphatic hydroxyl groups excluding tert-OH is 1. The summed E-state index contributed by atoms with van der Waals surface area (Å²) in [5, 5.41) is 15.9. The fraction of sp³-hybridized carbons (Fsp3) is 0.444. The quantitative estimate of drug-likeness (QED) is 0.530. The number of hydrogen-bond donors (Lipinski definition) is 3. The maximum atomic E-state index is 14.0. The van der Waals surface area contributed by atoms with E-state index in [1.165, 1.54) is 4.90 Å². The van der Waals surface area contributed by atoms with E-state index in [9.17, 15) is 19.5 Å². The Bertz CT molecular complexity index is 1160. The molecule has 7 atom stereocenters. The number of nitrogens with one attached hydrogen (secondary N) is 2. The summed E-state index contributed by atoms with van der Waals surface area (Å²) in [6, 6.07) is 14.9. The van der Waals surface area contributed by atoms with Gasteiger partial charge in [0.1, 0.15) is 11.8 Å². The second-order valence-electron chi connectivity index (χ2n) is 9.90. The first-order valence-electron chi connectivity index (χ1n) is 12.2. The molecule has 3 amide bonds. The molecular formula is C27H31N3O5S. The van der Waals surface area contributed by atoms with Crippen molar-refractivity contribution in [2.45, 2.75) is 42.3 Å². The number of nitrogens with zero attached hydrogens (tertiary/aromatic N) is 1. The molecule has 0 aliphatic carbocycles. The van der Waals surface area contributed by atoms with Gasteiger partial charge in [0.2, 0.25) is 17.7 Å². The molecule has 0 saturated carbocycles. The number of rotatable bonds is 7. The molecule has 190 valence electrons. The minimum Gasteiger partial charge on any atom is -0.497 e. The Labute approximate surface area is 214 Å². The summed E-state index contributed by atoms with van der Waals surface area (Å²) in [5.74, 6) is -1.21. The van der Waals surface area contributed by atoms with E-state index in [1.54, 1.807) is 50.1 Å². The number of carbonyl (C=O) groups excluding carboxylic acids is 3. The van der Waals surface area contributed by atoms with Gasteiger partial charge in [-0.05, 0) is 55.7 Å². The molecule has 1 spiro atoms. The zero-order chi connectivity index (χ0) is 25.6. The predicted octanol–water partition coefficient (Wildman–Crippen LogP) is 2.99. The van der Waals surface area contributed by atoms with Crippen LogP contribution in [0, 0.1) is 17.8 Å². The largest absolute Gasteiger partial charge is 0.497 e. The number of anilines is 2. The standard InChI is InChI=1S/C27H31N3O5S/c1-15-13-20-21(24(32)28-17-7-5-4-6-8-17)22-26(34)30(16(2)14-31)23(27(15,22)36-20)25(33)29-18-9-11-19(35-3)12-10-18/h4-12,15-16,20-23,31H,13-14H2,1-3H3,(H,28,32)(H,29,33)/t15?,16-,20+,21-,22+,23?,27?/m1/s1. The fourth-order valence-electron chi connectivity index (χ4n) is 6.25. The highest BCUT2D eigenvalue weighted by Gasteiger charge is 2.76. The number of amides is 3. The van der Waals surface area contributed by atoms with Crippen LogP contribution in [-0.2, 0) is 14.4 Å². The summed E-state index contributed by atoms with van der Waals surface area (Å²) in [6.07, 6.45) is 0.745. The van der Waals surface area contributed by atoms with Crippen molar-refractivity contribution in [1.29, 1.82) is 0 Å². The average molecular weight is 510 g/mol. The zero-order valence-electron chi connectivity index (χ0n) is 20.5. The monoisotopic (exact) mass is 509 g/mol.